The zero-order valence-corrected chi connectivity index (χ0v) is 12.6. The van der Waals surface area contributed by atoms with Crippen LogP contribution in [0.2, 0.25) is 0 Å². The SMILES string of the molecule is O=[N+]([O-])c1cn2c(n1)OC[C@@H](OCc1ccc(Br)s1)C2. The highest BCUT2D eigenvalue weighted by atomic mass is 79.9. The van der Waals surface area contributed by atoms with Gasteiger partial charge < -0.3 is 19.6 Å². The van der Waals surface area contributed by atoms with E-state index in [0.29, 0.717) is 19.8 Å². The number of hydrogen-bond donors (Lipinski definition) is 0. The quantitative estimate of drug-likeness (QED) is 0.619. The van der Waals surface area contributed by atoms with Gasteiger partial charge in [0.05, 0.1) is 16.9 Å². The van der Waals surface area contributed by atoms with Crippen LogP contribution < -0.4 is 4.74 Å². The molecule has 0 bridgehead atoms. The molecule has 7 nitrogen and oxygen atoms in total. The van der Waals surface area contributed by atoms with Crippen LogP contribution in [0.1, 0.15) is 4.88 Å². The number of aromatic nitrogens is 2. The van der Waals surface area contributed by atoms with Crippen LogP contribution in [-0.2, 0) is 17.9 Å². The van der Waals surface area contributed by atoms with E-state index in [-0.39, 0.29) is 17.9 Å². The maximum Gasteiger partial charge on any atom is 0.414 e. The Morgan fingerprint density at radius 1 is 1.65 bits per heavy atom. The molecule has 0 unspecified atom stereocenters. The smallest absolute Gasteiger partial charge is 0.414 e. The van der Waals surface area contributed by atoms with E-state index >= 15 is 0 Å². The predicted octanol–water partition coefficient (Wildman–Crippen LogP) is 2.59. The molecule has 1 aliphatic heterocycles. The maximum absolute atomic E-state index is 10.7. The number of nitro groups is 1. The molecule has 3 heterocycles. The van der Waals surface area contributed by atoms with Crippen LogP contribution in [0.4, 0.5) is 5.82 Å². The molecule has 0 spiro atoms. The van der Waals surface area contributed by atoms with Gasteiger partial charge in [0.2, 0.25) is 0 Å². The van der Waals surface area contributed by atoms with E-state index in [0.717, 1.165) is 8.66 Å². The number of rotatable bonds is 4. The molecule has 2 aromatic rings. The summed E-state index contributed by atoms with van der Waals surface area (Å²) in [5.74, 6) is -0.206. The lowest BCUT2D eigenvalue weighted by molar-refractivity contribution is -0.389. The van der Waals surface area contributed by atoms with Crippen molar-refractivity contribution in [3.05, 3.63) is 37.1 Å². The average molecular weight is 360 g/mol. The first-order chi connectivity index (χ1) is 9.61. The summed E-state index contributed by atoms with van der Waals surface area (Å²) in [5.41, 5.74) is 0. The maximum atomic E-state index is 10.7. The van der Waals surface area contributed by atoms with Crippen LogP contribution in [0.3, 0.4) is 0 Å². The van der Waals surface area contributed by atoms with Gasteiger partial charge in [-0.05, 0) is 33.0 Å². The minimum Gasteiger partial charge on any atom is -0.443 e. The summed E-state index contributed by atoms with van der Waals surface area (Å²) >= 11 is 5.01. The third-order valence-electron chi connectivity index (χ3n) is 2.80. The van der Waals surface area contributed by atoms with Gasteiger partial charge in [0.1, 0.15) is 18.9 Å². The van der Waals surface area contributed by atoms with E-state index in [1.54, 1.807) is 15.9 Å². The third-order valence-corrected chi connectivity index (χ3v) is 4.40. The Morgan fingerprint density at radius 3 is 3.20 bits per heavy atom. The summed E-state index contributed by atoms with van der Waals surface area (Å²) in [6.07, 6.45) is 1.23. The zero-order chi connectivity index (χ0) is 14.1. The molecule has 0 radical (unpaired) electrons. The summed E-state index contributed by atoms with van der Waals surface area (Å²) in [6, 6.07) is 4.24. The molecule has 0 aromatic carbocycles. The Morgan fingerprint density at radius 2 is 2.50 bits per heavy atom. The Kier molecular flexibility index (Phi) is 3.72. The highest BCUT2D eigenvalue weighted by Gasteiger charge is 2.28. The molecule has 0 saturated carbocycles. The van der Waals surface area contributed by atoms with Gasteiger partial charge in [-0.25, -0.2) is 0 Å². The second-order valence-electron chi connectivity index (χ2n) is 4.24. The molecule has 3 rings (SSSR count). The van der Waals surface area contributed by atoms with Crippen molar-refractivity contribution in [1.82, 2.24) is 9.55 Å². The average Bonchev–Trinajstić information content (AvgIpc) is 3.01. The van der Waals surface area contributed by atoms with Gasteiger partial charge in [-0.2, -0.15) is 0 Å². The summed E-state index contributed by atoms with van der Waals surface area (Å²) < 4.78 is 13.8. The largest absolute Gasteiger partial charge is 0.443 e. The van der Waals surface area contributed by atoms with Crippen molar-refractivity contribution in [3.63, 3.8) is 0 Å². The van der Waals surface area contributed by atoms with Crippen molar-refractivity contribution in [1.29, 1.82) is 0 Å². The second kappa shape index (κ2) is 5.51. The van der Waals surface area contributed by atoms with E-state index in [9.17, 15) is 10.1 Å². The topological polar surface area (TPSA) is 79.4 Å². The summed E-state index contributed by atoms with van der Waals surface area (Å²) in [4.78, 5) is 15.0. The molecule has 0 aliphatic carbocycles. The molecular formula is C11H10BrN3O4S. The lowest BCUT2D eigenvalue weighted by atomic mass is 10.3. The first kappa shape index (κ1) is 13.5. The first-order valence-corrected chi connectivity index (χ1v) is 7.43. The Labute approximate surface area is 126 Å². The Hall–Kier alpha value is -1.45. The lowest BCUT2D eigenvalue weighted by Gasteiger charge is -2.22. The summed E-state index contributed by atoms with van der Waals surface area (Å²) in [6.45, 7) is 1.35. The van der Waals surface area contributed by atoms with Gasteiger partial charge in [0, 0.05) is 9.86 Å². The minimum atomic E-state index is -0.534. The predicted molar refractivity (Wildman–Crippen MR) is 75.0 cm³/mol. The van der Waals surface area contributed by atoms with Crippen molar-refractivity contribution < 1.29 is 14.4 Å². The number of fused-ring (bicyclic) bond motifs is 1. The summed E-state index contributed by atoms with van der Waals surface area (Å²) in [5, 5.41) is 10.7. The highest BCUT2D eigenvalue weighted by molar-refractivity contribution is 9.11. The number of imidazole rings is 1. The van der Waals surface area contributed by atoms with Gasteiger partial charge in [-0.3, -0.25) is 4.57 Å². The van der Waals surface area contributed by atoms with E-state index in [1.165, 1.54) is 6.20 Å². The molecule has 1 atom stereocenters. The van der Waals surface area contributed by atoms with Gasteiger partial charge in [0.15, 0.2) is 0 Å². The molecule has 106 valence electrons. The number of thiophene rings is 1. The number of ether oxygens (including phenoxy) is 2. The second-order valence-corrected chi connectivity index (χ2v) is 6.79. The van der Waals surface area contributed by atoms with E-state index in [1.807, 2.05) is 12.1 Å². The van der Waals surface area contributed by atoms with Gasteiger partial charge in [-0.15, -0.1) is 11.3 Å². The van der Waals surface area contributed by atoms with Crippen LogP contribution in [0.5, 0.6) is 6.01 Å². The van der Waals surface area contributed by atoms with E-state index in [2.05, 4.69) is 20.9 Å². The molecule has 0 fully saturated rings. The van der Waals surface area contributed by atoms with E-state index < -0.39 is 4.92 Å². The van der Waals surface area contributed by atoms with Crippen molar-refractivity contribution in [3.8, 4) is 6.01 Å². The van der Waals surface area contributed by atoms with Crippen LogP contribution in [-0.4, -0.2) is 27.2 Å². The van der Waals surface area contributed by atoms with Gasteiger partial charge >= 0.3 is 11.8 Å². The van der Waals surface area contributed by atoms with Crippen LogP contribution in [0.25, 0.3) is 0 Å². The molecule has 9 heteroatoms. The minimum absolute atomic E-state index is 0.142. The highest BCUT2D eigenvalue weighted by Crippen LogP contribution is 2.25. The van der Waals surface area contributed by atoms with Crippen molar-refractivity contribution >= 4 is 33.1 Å². The van der Waals surface area contributed by atoms with Crippen molar-refractivity contribution in [2.24, 2.45) is 0 Å². The fraction of sp³-hybridized carbons (Fsp3) is 0.364. The molecule has 0 N–H and O–H groups in total. The lowest BCUT2D eigenvalue weighted by Crippen LogP contribution is -2.32. The monoisotopic (exact) mass is 359 g/mol. The summed E-state index contributed by atoms with van der Waals surface area (Å²) in [7, 11) is 0. The van der Waals surface area contributed by atoms with Crippen LogP contribution >= 0.6 is 27.3 Å². The number of halogens is 1. The van der Waals surface area contributed by atoms with Crippen molar-refractivity contribution in [2.75, 3.05) is 6.61 Å². The molecule has 20 heavy (non-hydrogen) atoms. The molecule has 0 saturated heterocycles. The van der Waals surface area contributed by atoms with Gasteiger partial charge in [0.25, 0.3) is 0 Å². The van der Waals surface area contributed by atoms with Crippen molar-refractivity contribution in [2.45, 2.75) is 19.3 Å². The van der Waals surface area contributed by atoms with Crippen LogP contribution in [0, 0.1) is 10.1 Å². The number of hydrogen-bond acceptors (Lipinski definition) is 6. The molecule has 0 amide bonds. The molecular weight excluding hydrogens is 350 g/mol. The van der Waals surface area contributed by atoms with Gasteiger partial charge in [-0.1, -0.05) is 0 Å². The number of nitrogens with zero attached hydrogens (tertiary/aromatic N) is 3. The molecule has 2 aromatic heterocycles. The Balaban J connectivity index is 1.62. The Bertz CT molecular complexity index is 641. The zero-order valence-electron chi connectivity index (χ0n) is 10.2. The molecule has 1 aliphatic rings. The third kappa shape index (κ3) is 2.84. The first-order valence-electron chi connectivity index (χ1n) is 5.82. The fourth-order valence-electron chi connectivity index (χ4n) is 1.89. The normalized spacial score (nSPS) is 17.6. The standard InChI is InChI=1S/C11H10BrN3O4S/c12-9-2-1-8(20-9)6-18-7-3-14-4-10(15(16)17)13-11(14)19-5-7/h1-2,4,7H,3,5-6H2/t7-/m0/s1. The fourth-order valence-corrected chi connectivity index (χ4v) is 3.29. The van der Waals surface area contributed by atoms with E-state index in [4.69, 9.17) is 9.47 Å². The van der Waals surface area contributed by atoms with Crippen LogP contribution in [0.15, 0.2) is 22.1 Å².